The molecule has 5 N–H and O–H groups in total. The zero-order chi connectivity index (χ0) is 15.8. The summed E-state index contributed by atoms with van der Waals surface area (Å²) >= 11 is 0. The van der Waals surface area contributed by atoms with Gasteiger partial charge in [-0.25, -0.2) is 9.59 Å². The highest BCUT2D eigenvalue weighted by Gasteiger charge is 2.20. The summed E-state index contributed by atoms with van der Waals surface area (Å²) in [6, 6.07) is 4.29. The van der Waals surface area contributed by atoms with Crippen LogP contribution in [0, 0.1) is 0 Å². The summed E-state index contributed by atoms with van der Waals surface area (Å²) in [5.74, 6) is -2.44. The Hall–Kier alpha value is -2.61. The highest BCUT2D eigenvalue weighted by atomic mass is 16.4. The third kappa shape index (κ3) is 5.91. The fourth-order valence-electron chi connectivity index (χ4n) is 1.54. The number of hydrogen-bond donors (Lipinski definition) is 5. The molecule has 1 unspecified atom stereocenters. The van der Waals surface area contributed by atoms with Crippen molar-refractivity contribution in [1.82, 2.24) is 5.32 Å². The number of carbonyl (C=O) groups excluding carboxylic acids is 1. The maximum atomic E-state index is 11.6. The number of hydrogen-bond acceptors (Lipinski definition) is 4. The highest BCUT2D eigenvalue weighted by Crippen LogP contribution is 2.09. The molecule has 0 radical (unpaired) electrons. The number of carboxylic acid groups (broad SMARTS) is 2. The normalized spacial score (nSPS) is 11.5. The highest BCUT2D eigenvalue weighted by molar-refractivity contribution is 5.92. The Kier molecular flexibility index (Phi) is 6.15. The van der Waals surface area contributed by atoms with Gasteiger partial charge in [0.2, 0.25) is 0 Å². The number of aliphatic hydroxyl groups excluding tert-OH is 1. The molecule has 0 aliphatic rings. The van der Waals surface area contributed by atoms with Crippen LogP contribution < -0.4 is 10.6 Å². The topological polar surface area (TPSA) is 136 Å². The molecule has 0 saturated heterocycles. The van der Waals surface area contributed by atoms with Crippen molar-refractivity contribution in [3.63, 3.8) is 0 Å². The summed E-state index contributed by atoms with van der Waals surface area (Å²) in [4.78, 5) is 33.0. The molecule has 0 aliphatic heterocycles. The molecule has 0 bridgehead atoms. The van der Waals surface area contributed by atoms with E-state index in [-0.39, 0.29) is 19.4 Å². The van der Waals surface area contributed by atoms with Gasteiger partial charge in [-0.3, -0.25) is 4.79 Å². The minimum Gasteiger partial charge on any atom is -0.481 e. The van der Waals surface area contributed by atoms with Crippen LogP contribution >= 0.6 is 0 Å². The zero-order valence-corrected chi connectivity index (χ0v) is 11.1. The summed E-state index contributed by atoms with van der Waals surface area (Å²) in [7, 11) is 0. The summed E-state index contributed by atoms with van der Waals surface area (Å²) in [6.07, 6.45) is -0.565. The van der Waals surface area contributed by atoms with Crippen LogP contribution in [0.1, 0.15) is 18.4 Å². The van der Waals surface area contributed by atoms with E-state index in [9.17, 15) is 14.4 Å². The van der Waals surface area contributed by atoms with E-state index >= 15 is 0 Å². The van der Waals surface area contributed by atoms with Gasteiger partial charge in [-0.05, 0) is 24.1 Å². The molecule has 1 atom stereocenters. The third-order valence-corrected chi connectivity index (χ3v) is 2.64. The van der Waals surface area contributed by atoms with Gasteiger partial charge in [-0.1, -0.05) is 12.1 Å². The summed E-state index contributed by atoms with van der Waals surface area (Å²) in [6.45, 7) is -0.122. The molecular weight excluding hydrogens is 280 g/mol. The van der Waals surface area contributed by atoms with Gasteiger partial charge in [0.15, 0.2) is 0 Å². The lowest BCUT2D eigenvalue weighted by molar-refractivity contribution is -0.140. The summed E-state index contributed by atoms with van der Waals surface area (Å²) in [5.41, 5.74) is 1.10. The molecule has 0 spiro atoms. The molecule has 8 nitrogen and oxygen atoms in total. The minimum absolute atomic E-state index is 0.122. The van der Waals surface area contributed by atoms with Gasteiger partial charge in [-0.2, -0.15) is 0 Å². The number of carboxylic acids is 2. The van der Waals surface area contributed by atoms with Crippen molar-refractivity contribution in [1.29, 1.82) is 0 Å². The first-order valence-electron chi connectivity index (χ1n) is 6.14. The standard InChI is InChI=1S/C13H16N2O6/c16-7-8-1-3-9(4-2-8)14-13(21)15-10(12(19)20)5-6-11(17)18/h1-4,10,16H,5-7H2,(H,17,18)(H,19,20)(H2,14,15,21). The number of rotatable bonds is 7. The molecule has 8 heteroatoms. The SMILES string of the molecule is O=C(O)CCC(NC(=O)Nc1ccc(CO)cc1)C(=O)O. The average Bonchev–Trinajstić information content (AvgIpc) is 2.43. The van der Waals surface area contributed by atoms with Gasteiger partial charge in [0, 0.05) is 12.1 Å². The lowest BCUT2D eigenvalue weighted by atomic mass is 10.1. The first-order chi connectivity index (χ1) is 9.92. The first-order valence-corrected chi connectivity index (χ1v) is 6.14. The number of carbonyl (C=O) groups is 3. The van der Waals surface area contributed by atoms with Gasteiger partial charge >= 0.3 is 18.0 Å². The molecule has 0 aromatic heterocycles. The lowest BCUT2D eigenvalue weighted by Crippen LogP contribution is -2.43. The monoisotopic (exact) mass is 296 g/mol. The summed E-state index contributed by atoms with van der Waals surface area (Å²) in [5, 5.41) is 30.9. The maximum Gasteiger partial charge on any atom is 0.326 e. The van der Waals surface area contributed by atoms with Crippen LogP contribution in [0.3, 0.4) is 0 Å². The van der Waals surface area contributed by atoms with Crippen LogP contribution in [-0.2, 0) is 16.2 Å². The first kappa shape index (κ1) is 16.4. The van der Waals surface area contributed by atoms with Crippen LogP contribution in [0.2, 0.25) is 0 Å². The Balaban J connectivity index is 2.56. The molecule has 1 aromatic rings. The molecule has 0 saturated carbocycles. The number of nitrogens with one attached hydrogen (secondary N) is 2. The van der Waals surface area contributed by atoms with E-state index in [0.717, 1.165) is 0 Å². The largest absolute Gasteiger partial charge is 0.481 e. The Labute approximate surface area is 120 Å². The van der Waals surface area contributed by atoms with Gasteiger partial charge < -0.3 is 26.0 Å². The van der Waals surface area contributed by atoms with E-state index in [1.54, 1.807) is 24.3 Å². The van der Waals surface area contributed by atoms with E-state index in [0.29, 0.717) is 11.3 Å². The summed E-state index contributed by atoms with van der Waals surface area (Å²) < 4.78 is 0. The van der Waals surface area contributed by atoms with Crippen LogP contribution in [0.4, 0.5) is 10.5 Å². The van der Waals surface area contributed by atoms with Gasteiger partial charge in [0.25, 0.3) is 0 Å². The fourth-order valence-corrected chi connectivity index (χ4v) is 1.54. The van der Waals surface area contributed by atoms with E-state index in [4.69, 9.17) is 15.3 Å². The molecule has 1 aromatic carbocycles. The lowest BCUT2D eigenvalue weighted by Gasteiger charge is -2.14. The predicted octanol–water partition coefficient (Wildman–Crippen LogP) is 0.618. The van der Waals surface area contributed by atoms with Crippen molar-refractivity contribution in [2.24, 2.45) is 0 Å². The number of aliphatic hydroxyl groups is 1. The zero-order valence-electron chi connectivity index (χ0n) is 11.1. The molecule has 0 aliphatic carbocycles. The van der Waals surface area contributed by atoms with Crippen molar-refractivity contribution in [3.05, 3.63) is 29.8 Å². The predicted molar refractivity (Wildman–Crippen MR) is 72.8 cm³/mol. The van der Waals surface area contributed by atoms with Crippen LogP contribution in [0.25, 0.3) is 0 Å². The second kappa shape index (κ2) is 7.85. The van der Waals surface area contributed by atoms with E-state index in [2.05, 4.69) is 10.6 Å². The van der Waals surface area contributed by atoms with Gasteiger partial charge in [-0.15, -0.1) is 0 Å². The number of urea groups is 1. The second-order valence-corrected chi connectivity index (χ2v) is 4.28. The van der Waals surface area contributed by atoms with Crippen LogP contribution in [-0.4, -0.2) is 39.3 Å². The molecular formula is C13H16N2O6. The quantitative estimate of drug-likeness (QED) is 0.500. The van der Waals surface area contributed by atoms with Crippen molar-refractivity contribution < 1.29 is 29.7 Å². The molecule has 2 amide bonds. The van der Waals surface area contributed by atoms with E-state index in [1.165, 1.54) is 0 Å². The minimum atomic E-state index is -1.30. The Morgan fingerprint density at radius 1 is 1.10 bits per heavy atom. The average molecular weight is 296 g/mol. The number of amides is 2. The van der Waals surface area contributed by atoms with Crippen molar-refractivity contribution in [2.45, 2.75) is 25.5 Å². The molecule has 1 rings (SSSR count). The van der Waals surface area contributed by atoms with Gasteiger partial charge in [0.1, 0.15) is 6.04 Å². The molecule has 21 heavy (non-hydrogen) atoms. The Morgan fingerprint density at radius 3 is 2.19 bits per heavy atom. The molecule has 0 heterocycles. The van der Waals surface area contributed by atoms with E-state index < -0.39 is 24.0 Å². The Bertz CT molecular complexity index is 514. The van der Waals surface area contributed by atoms with Gasteiger partial charge in [0.05, 0.1) is 6.61 Å². The second-order valence-electron chi connectivity index (χ2n) is 4.28. The Morgan fingerprint density at radius 2 is 1.71 bits per heavy atom. The fraction of sp³-hybridized carbons (Fsp3) is 0.308. The maximum absolute atomic E-state index is 11.6. The number of anilines is 1. The van der Waals surface area contributed by atoms with Crippen LogP contribution in [0.5, 0.6) is 0 Å². The van der Waals surface area contributed by atoms with E-state index in [1.807, 2.05) is 0 Å². The molecule has 0 fully saturated rings. The van der Waals surface area contributed by atoms with Crippen LogP contribution in [0.15, 0.2) is 24.3 Å². The van der Waals surface area contributed by atoms with Crippen molar-refractivity contribution in [2.75, 3.05) is 5.32 Å². The van der Waals surface area contributed by atoms with Crippen molar-refractivity contribution >= 4 is 23.7 Å². The number of benzene rings is 1. The van der Waals surface area contributed by atoms with Crippen molar-refractivity contribution in [3.8, 4) is 0 Å². The molecule has 114 valence electrons. The third-order valence-electron chi connectivity index (χ3n) is 2.64. The number of aliphatic carboxylic acids is 2. The smallest absolute Gasteiger partial charge is 0.326 e.